The average Bonchev–Trinajstić information content (AvgIpc) is 2.61. The first kappa shape index (κ1) is 20.4. The molecule has 0 atom stereocenters. The fraction of sp³-hybridized carbons (Fsp3) is 0.167. The second kappa shape index (κ2) is 9.16. The molecule has 138 valence electrons. The van der Waals surface area contributed by atoms with Crippen LogP contribution in [-0.4, -0.2) is 25.3 Å². The van der Waals surface area contributed by atoms with Crippen LogP contribution < -0.4 is 14.2 Å². The number of carboxylic acids is 1. The molecule has 0 aliphatic carbocycles. The number of carbonyl (C=O) groups is 1. The number of hydrogen-bond donors (Lipinski definition) is 1. The summed E-state index contributed by atoms with van der Waals surface area (Å²) >= 11 is 15.3. The molecule has 0 fully saturated rings. The van der Waals surface area contributed by atoms with Gasteiger partial charge in [0.1, 0.15) is 6.61 Å². The third-order valence-corrected chi connectivity index (χ3v) is 4.92. The molecule has 0 aliphatic heterocycles. The van der Waals surface area contributed by atoms with Crippen molar-refractivity contribution in [3.05, 3.63) is 56.0 Å². The third kappa shape index (κ3) is 4.84. The smallest absolute Gasteiger partial charge is 0.328 e. The van der Waals surface area contributed by atoms with Crippen molar-refractivity contribution in [3.63, 3.8) is 0 Å². The number of methoxy groups -OCH3 is 2. The number of ether oxygens (including phenoxy) is 3. The van der Waals surface area contributed by atoms with Crippen LogP contribution in [0.4, 0.5) is 0 Å². The van der Waals surface area contributed by atoms with Gasteiger partial charge in [0.05, 0.1) is 28.7 Å². The first-order valence-electron chi connectivity index (χ1n) is 7.29. The van der Waals surface area contributed by atoms with Crippen molar-refractivity contribution in [2.75, 3.05) is 14.2 Å². The van der Waals surface area contributed by atoms with Crippen molar-refractivity contribution in [2.45, 2.75) is 6.61 Å². The summed E-state index contributed by atoms with van der Waals surface area (Å²) in [6, 6.07) is 6.84. The SMILES string of the molecule is COc1cc(C=CC(=O)O)c(Br)c(OC)c1OCc1ccc(Cl)c(Cl)c1. The van der Waals surface area contributed by atoms with E-state index in [9.17, 15) is 4.79 Å². The van der Waals surface area contributed by atoms with Crippen LogP contribution in [0, 0.1) is 0 Å². The molecule has 0 saturated carbocycles. The number of benzene rings is 2. The summed E-state index contributed by atoms with van der Waals surface area (Å²) in [5.74, 6) is 0.0970. The number of hydrogen-bond acceptors (Lipinski definition) is 4. The van der Waals surface area contributed by atoms with Gasteiger partial charge in [0.2, 0.25) is 5.75 Å². The highest BCUT2D eigenvalue weighted by molar-refractivity contribution is 9.10. The molecule has 26 heavy (non-hydrogen) atoms. The molecule has 0 bridgehead atoms. The first-order chi connectivity index (χ1) is 12.4. The topological polar surface area (TPSA) is 65.0 Å². The molecule has 2 rings (SSSR count). The summed E-state index contributed by atoms with van der Waals surface area (Å²) in [6.45, 7) is 0.209. The lowest BCUT2D eigenvalue weighted by atomic mass is 10.1. The molecule has 0 aliphatic rings. The number of halogens is 3. The van der Waals surface area contributed by atoms with Crippen molar-refractivity contribution in [1.29, 1.82) is 0 Å². The van der Waals surface area contributed by atoms with Crippen LogP contribution in [0.5, 0.6) is 17.2 Å². The highest BCUT2D eigenvalue weighted by atomic mass is 79.9. The van der Waals surface area contributed by atoms with Crippen LogP contribution in [0.1, 0.15) is 11.1 Å². The summed E-state index contributed by atoms with van der Waals surface area (Å²) in [7, 11) is 2.97. The van der Waals surface area contributed by atoms with E-state index >= 15 is 0 Å². The molecule has 2 aromatic carbocycles. The van der Waals surface area contributed by atoms with Crippen LogP contribution in [0.2, 0.25) is 10.0 Å². The van der Waals surface area contributed by atoms with Crippen molar-refractivity contribution >= 4 is 51.2 Å². The Morgan fingerprint density at radius 1 is 1.15 bits per heavy atom. The average molecular weight is 462 g/mol. The molecule has 0 amide bonds. The molecule has 0 unspecified atom stereocenters. The predicted octanol–water partition coefficient (Wildman–Crippen LogP) is 5.45. The first-order valence-corrected chi connectivity index (χ1v) is 8.84. The van der Waals surface area contributed by atoms with Crippen LogP contribution in [0.25, 0.3) is 6.08 Å². The minimum Gasteiger partial charge on any atom is -0.493 e. The van der Waals surface area contributed by atoms with Gasteiger partial charge < -0.3 is 19.3 Å². The third-order valence-electron chi connectivity index (χ3n) is 3.37. The Bertz CT molecular complexity index is 852. The lowest BCUT2D eigenvalue weighted by Crippen LogP contribution is -2.02. The van der Waals surface area contributed by atoms with Crippen LogP contribution in [0.15, 0.2) is 34.8 Å². The Hall–Kier alpha value is -1.89. The maximum Gasteiger partial charge on any atom is 0.328 e. The Kier molecular flexibility index (Phi) is 7.20. The zero-order valence-electron chi connectivity index (χ0n) is 13.9. The molecule has 5 nitrogen and oxygen atoms in total. The molecule has 0 aromatic heterocycles. The summed E-state index contributed by atoms with van der Waals surface area (Å²) < 4.78 is 17.2. The van der Waals surface area contributed by atoms with E-state index in [-0.39, 0.29) is 6.61 Å². The minimum absolute atomic E-state index is 0.209. The van der Waals surface area contributed by atoms with Crippen LogP contribution >= 0.6 is 39.1 Å². The molecule has 8 heteroatoms. The Labute approximate surface area is 169 Å². The minimum atomic E-state index is -1.06. The number of carboxylic acid groups (broad SMARTS) is 1. The van der Waals surface area contributed by atoms with Gasteiger partial charge in [0, 0.05) is 6.08 Å². The van der Waals surface area contributed by atoms with Crippen LogP contribution in [-0.2, 0) is 11.4 Å². The van der Waals surface area contributed by atoms with Crippen molar-refractivity contribution in [2.24, 2.45) is 0 Å². The van der Waals surface area contributed by atoms with Crippen LogP contribution in [0.3, 0.4) is 0 Å². The molecule has 0 saturated heterocycles. The van der Waals surface area contributed by atoms with Crippen molar-refractivity contribution in [3.8, 4) is 17.2 Å². The molecular weight excluding hydrogens is 447 g/mol. The largest absolute Gasteiger partial charge is 0.493 e. The van der Waals surface area contributed by atoms with E-state index in [1.54, 1.807) is 24.3 Å². The van der Waals surface area contributed by atoms with Gasteiger partial charge in [0.25, 0.3) is 0 Å². The Balaban J connectivity index is 2.38. The van der Waals surface area contributed by atoms with E-state index in [0.29, 0.717) is 37.3 Å². The summed E-state index contributed by atoms with van der Waals surface area (Å²) in [5.41, 5.74) is 1.39. The van der Waals surface area contributed by atoms with Crippen molar-refractivity contribution in [1.82, 2.24) is 0 Å². The zero-order chi connectivity index (χ0) is 19.3. The van der Waals surface area contributed by atoms with E-state index in [1.165, 1.54) is 20.3 Å². The molecule has 0 heterocycles. The molecule has 0 spiro atoms. The summed E-state index contributed by atoms with van der Waals surface area (Å²) in [4.78, 5) is 10.8. The van der Waals surface area contributed by atoms with E-state index in [2.05, 4.69) is 15.9 Å². The van der Waals surface area contributed by atoms with Gasteiger partial charge in [0.15, 0.2) is 11.5 Å². The zero-order valence-corrected chi connectivity index (χ0v) is 17.0. The van der Waals surface area contributed by atoms with E-state index in [1.807, 2.05) is 0 Å². The molecular formula is C18H15BrCl2O5. The Morgan fingerprint density at radius 3 is 2.46 bits per heavy atom. The predicted molar refractivity (Wildman–Crippen MR) is 105 cm³/mol. The second-order valence-corrected chi connectivity index (χ2v) is 6.66. The van der Waals surface area contributed by atoms with Crippen molar-refractivity contribution < 1.29 is 24.1 Å². The maximum absolute atomic E-state index is 10.8. The maximum atomic E-state index is 10.8. The monoisotopic (exact) mass is 460 g/mol. The van der Waals surface area contributed by atoms with Gasteiger partial charge in [-0.1, -0.05) is 29.3 Å². The molecule has 2 aromatic rings. The van der Waals surface area contributed by atoms with Gasteiger partial charge in [-0.05, 0) is 51.3 Å². The molecule has 1 N–H and O–H groups in total. The van der Waals surface area contributed by atoms with E-state index in [4.69, 9.17) is 42.5 Å². The van der Waals surface area contributed by atoms with Gasteiger partial charge in [-0.15, -0.1) is 0 Å². The molecule has 0 radical (unpaired) electrons. The summed E-state index contributed by atoms with van der Waals surface area (Å²) in [5, 5.41) is 9.71. The van der Waals surface area contributed by atoms with Gasteiger partial charge in [-0.3, -0.25) is 0 Å². The van der Waals surface area contributed by atoms with Gasteiger partial charge in [-0.2, -0.15) is 0 Å². The lowest BCUT2D eigenvalue weighted by Gasteiger charge is -2.17. The standard InChI is InChI=1S/C18H15BrCl2O5/c1-24-14-8-11(4-6-15(22)23)16(19)18(25-2)17(14)26-9-10-3-5-12(20)13(21)7-10/h3-8H,9H2,1-2H3,(H,22,23). The highest BCUT2D eigenvalue weighted by Crippen LogP contribution is 2.45. The van der Waals surface area contributed by atoms with Gasteiger partial charge in [-0.25, -0.2) is 4.79 Å². The normalized spacial score (nSPS) is 10.8. The fourth-order valence-corrected chi connectivity index (χ4v) is 3.06. The fourth-order valence-electron chi connectivity index (χ4n) is 2.15. The highest BCUT2D eigenvalue weighted by Gasteiger charge is 2.19. The lowest BCUT2D eigenvalue weighted by molar-refractivity contribution is -0.131. The Morgan fingerprint density at radius 2 is 1.88 bits per heavy atom. The van der Waals surface area contributed by atoms with E-state index in [0.717, 1.165) is 11.6 Å². The summed E-state index contributed by atoms with van der Waals surface area (Å²) in [6.07, 6.45) is 2.45. The quantitative estimate of drug-likeness (QED) is 0.555. The number of rotatable bonds is 7. The number of aliphatic carboxylic acids is 1. The second-order valence-electron chi connectivity index (χ2n) is 5.05. The van der Waals surface area contributed by atoms with Gasteiger partial charge >= 0.3 is 5.97 Å². The van der Waals surface area contributed by atoms with E-state index < -0.39 is 5.97 Å².